The minimum absolute atomic E-state index is 0.265. The Morgan fingerprint density at radius 3 is 2.67 bits per heavy atom. The second-order valence-electron chi connectivity index (χ2n) is 4.94. The van der Waals surface area contributed by atoms with Gasteiger partial charge in [0.2, 0.25) is 0 Å². The summed E-state index contributed by atoms with van der Waals surface area (Å²) < 4.78 is 29.0. The third kappa shape index (κ3) is 3.42. The van der Waals surface area contributed by atoms with Gasteiger partial charge in [0.05, 0.1) is 0 Å². The van der Waals surface area contributed by atoms with Crippen LogP contribution in [0, 0.1) is 5.41 Å². The maximum absolute atomic E-state index is 12.2. The third-order valence-corrected chi connectivity index (χ3v) is 3.71. The second kappa shape index (κ2) is 5.65. The van der Waals surface area contributed by atoms with Crippen LogP contribution < -0.4 is 10.1 Å². The van der Waals surface area contributed by atoms with E-state index < -0.39 is 6.61 Å². The molecular formula is C14H19F2NO. The van der Waals surface area contributed by atoms with Gasteiger partial charge >= 0.3 is 6.61 Å². The van der Waals surface area contributed by atoms with Crippen LogP contribution in [0.2, 0.25) is 0 Å². The maximum Gasteiger partial charge on any atom is 0.387 e. The molecule has 0 aromatic heterocycles. The van der Waals surface area contributed by atoms with Crippen LogP contribution in [0.5, 0.6) is 5.75 Å². The van der Waals surface area contributed by atoms with Gasteiger partial charge in [-0.05, 0) is 30.7 Å². The summed E-state index contributed by atoms with van der Waals surface area (Å²) in [5.41, 5.74) is 1.24. The molecule has 0 bridgehead atoms. The number of para-hydroxylation sites is 1. The van der Waals surface area contributed by atoms with E-state index in [-0.39, 0.29) is 5.75 Å². The zero-order valence-electron chi connectivity index (χ0n) is 10.6. The van der Waals surface area contributed by atoms with Gasteiger partial charge in [-0.2, -0.15) is 8.78 Å². The topological polar surface area (TPSA) is 21.3 Å². The van der Waals surface area contributed by atoms with Gasteiger partial charge < -0.3 is 10.1 Å². The van der Waals surface area contributed by atoms with E-state index in [4.69, 9.17) is 0 Å². The zero-order chi connectivity index (χ0) is 13.0. The van der Waals surface area contributed by atoms with E-state index in [1.165, 1.54) is 19.3 Å². The molecule has 1 saturated carbocycles. The molecule has 0 aliphatic heterocycles. The number of hydrogen-bond acceptors (Lipinski definition) is 2. The lowest BCUT2D eigenvalue weighted by Gasteiger charge is -2.15. The Morgan fingerprint density at radius 1 is 1.33 bits per heavy atom. The fourth-order valence-electron chi connectivity index (χ4n) is 2.16. The summed E-state index contributed by atoms with van der Waals surface area (Å²) in [5.74, 6) is 0.265. The summed E-state index contributed by atoms with van der Waals surface area (Å²) in [5, 5.41) is 3.34. The molecule has 2 rings (SSSR count). The Balaban J connectivity index is 1.88. The predicted octanol–water partition coefficient (Wildman–Crippen LogP) is 3.57. The average molecular weight is 255 g/mol. The normalized spacial score (nSPS) is 16.9. The van der Waals surface area contributed by atoms with Gasteiger partial charge in [0.15, 0.2) is 0 Å². The lowest BCUT2D eigenvalue weighted by atomic mass is 10.0. The Hall–Kier alpha value is -1.16. The van der Waals surface area contributed by atoms with Crippen molar-refractivity contribution in [2.75, 3.05) is 6.54 Å². The molecule has 4 heteroatoms. The number of nitrogens with one attached hydrogen (secondary N) is 1. The minimum atomic E-state index is -2.77. The van der Waals surface area contributed by atoms with Crippen LogP contribution in [-0.2, 0) is 6.54 Å². The molecule has 1 aromatic rings. The van der Waals surface area contributed by atoms with Crippen LogP contribution in [0.15, 0.2) is 24.3 Å². The van der Waals surface area contributed by atoms with E-state index in [0.717, 1.165) is 12.1 Å². The molecule has 1 N–H and O–H groups in total. The highest BCUT2D eigenvalue weighted by molar-refractivity contribution is 5.33. The van der Waals surface area contributed by atoms with E-state index in [2.05, 4.69) is 17.0 Å². The van der Waals surface area contributed by atoms with Gasteiger partial charge in [0, 0.05) is 18.7 Å². The lowest BCUT2D eigenvalue weighted by molar-refractivity contribution is -0.0505. The second-order valence-corrected chi connectivity index (χ2v) is 4.94. The van der Waals surface area contributed by atoms with E-state index in [1.54, 1.807) is 12.1 Å². The Kier molecular flexibility index (Phi) is 4.17. The van der Waals surface area contributed by atoms with Crippen LogP contribution >= 0.6 is 0 Å². The molecule has 0 spiro atoms. The number of hydrogen-bond donors (Lipinski definition) is 1. The Bertz CT molecular complexity index is 391. The Labute approximate surface area is 106 Å². The first-order valence-corrected chi connectivity index (χ1v) is 6.39. The van der Waals surface area contributed by atoms with Crippen molar-refractivity contribution in [1.29, 1.82) is 0 Å². The van der Waals surface area contributed by atoms with E-state index in [9.17, 15) is 8.78 Å². The number of rotatable bonds is 7. The summed E-state index contributed by atoms with van der Waals surface area (Å²) >= 11 is 0. The number of alkyl halides is 2. The molecule has 0 amide bonds. The largest absolute Gasteiger partial charge is 0.434 e. The van der Waals surface area contributed by atoms with Crippen LogP contribution in [0.4, 0.5) is 8.78 Å². The van der Waals surface area contributed by atoms with Crippen LogP contribution in [0.3, 0.4) is 0 Å². The third-order valence-electron chi connectivity index (χ3n) is 3.71. The van der Waals surface area contributed by atoms with Crippen molar-refractivity contribution in [3.63, 3.8) is 0 Å². The highest BCUT2D eigenvalue weighted by atomic mass is 19.3. The maximum atomic E-state index is 12.2. The summed E-state index contributed by atoms with van der Waals surface area (Å²) in [6.45, 7) is 0.955. The Morgan fingerprint density at radius 2 is 2.06 bits per heavy atom. The van der Waals surface area contributed by atoms with Crippen LogP contribution in [0.1, 0.15) is 31.7 Å². The van der Waals surface area contributed by atoms with E-state index >= 15 is 0 Å². The first-order chi connectivity index (χ1) is 8.65. The zero-order valence-corrected chi connectivity index (χ0v) is 10.6. The molecule has 0 radical (unpaired) electrons. The van der Waals surface area contributed by atoms with Gasteiger partial charge in [-0.15, -0.1) is 0 Å². The van der Waals surface area contributed by atoms with Crippen molar-refractivity contribution >= 4 is 0 Å². The van der Waals surface area contributed by atoms with Crippen molar-refractivity contribution in [3.05, 3.63) is 29.8 Å². The molecule has 100 valence electrons. The highest BCUT2D eigenvalue weighted by Crippen LogP contribution is 2.47. The fourth-order valence-corrected chi connectivity index (χ4v) is 2.16. The molecule has 0 unspecified atom stereocenters. The van der Waals surface area contributed by atoms with Crippen molar-refractivity contribution in [3.8, 4) is 5.75 Å². The molecule has 18 heavy (non-hydrogen) atoms. The van der Waals surface area contributed by atoms with Gasteiger partial charge in [-0.3, -0.25) is 0 Å². The first-order valence-electron chi connectivity index (χ1n) is 6.39. The molecule has 0 heterocycles. The van der Waals surface area contributed by atoms with E-state index in [1.807, 2.05) is 12.1 Å². The van der Waals surface area contributed by atoms with Crippen LogP contribution in [-0.4, -0.2) is 13.2 Å². The van der Waals surface area contributed by atoms with Crippen molar-refractivity contribution in [1.82, 2.24) is 5.32 Å². The molecule has 2 nitrogen and oxygen atoms in total. The van der Waals surface area contributed by atoms with Gasteiger partial charge in [-0.25, -0.2) is 0 Å². The monoisotopic (exact) mass is 255 g/mol. The number of ether oxygens (including phenoxy) is 1. The molecule has 1 aromatic carbocycles. The molecule has 1 aliphatic carbocycles. The van der Waals surface area contributed by atoms with Crippen molar-refractivity contribution in [2.45, 2.75) is 39.3 Å². The molecule has 0 atom stereocenters. The fraction of sp³-hybridized carbons (Fsp3) is 0.571. The molecular weight excluding hydrogens is 236 g/mol. The smallest absolute Gasteiger partial charge is 0.387 e. The summed E-state index contributed by atoms with van der Waals surface area (Å²) in [4.78, 5) is 0. The van der Waals surface area contributed by atoms with Crippen molar-refractivity contribution < 1.29 is 13.5 Å². The SMILES string of the molecule is CCC1(CNCc2ccccc2OC(F)F)CC1. The van der Waals surface area contributed by atoms with Gasteiger partial charge in [0.25, 0.3) is 0 Å². The van der Waals surface area contributed by atoms with Crippen LogP contribution in [0.25, 0.3) is 0 Å². The highest BCUT2D eigenvalue weighted by Gasteiger charge is 2.39. The van der Waals surface area contributed by atoms with Gasteiger partial charge in [0.1, 0.15) is 5.75 Å². The lowest BCUT2D eigenvalue weighted by Crippen LogP contribution is -2.23. The first kappa shape index (κ1) is 13.3. The number of benzene rings is 1. The minimum Gasteiger partial charge on any atom is -0.434 e. The number of halogens is 2. The molecule has 0 saturated heterocycles. The summed E-state index contributed by atoms with van der Waals surface area (Å²) in [6, 6.07) is 6.93. The molecule has 1 fully saturated rings. The predicted molar refractivity (Wildman–Crippen MR) is 66.7 cm³/mol. The summed E-state index contributed by atoms with van der Waals surface area (Å²) in [7, 11) is 0. The average Bonchev–Trinajstić information content (AvgIpc) is 3.11. The standard InChI is InChI=1S/C14H19F2NO/c1-2-14(7-8-14)10-17-9-11-5-3-4-6-12(11)18-13(15)16/h3-6,13,17H,2,7-10H2,1H3. The van der Waals surface area contributed by atoms with Crippen molar-refractivity contribution in [2.24, 2.45) is 5.41 Å². The summed E-state index contributed by atoms with van der Waals surface area (Å²) in [6.07, 6.45) is 3.71. The molecule has 1 aliphatic rings. The van der Waals surface area contributed by atoms with Gasteiger partial charge in [-0.1, -0.05) is 25.1 Å². The quantitative estimate of drug-likeness (QED) is 0.804. The van der Waals surface area contributed by atoms with E-state index in [0.29, 0.717) is 12.0 Å².